The van der Waals surface area contributed by atoms with Gasteiger partial charge in [0, 0.05) is 41.5 Å². The van der Waals surface area contributed by atoms with Gasteiger partial charge in [-0.25, -0.2) is 4.79 Å². The molecule has 6 heteroatoms. The van der Waals surface area contributed by atoms with Gasteiger partial charge in [0.05, 0.1) is 7.11 Å². The lowest BCUT2D eigenvalue weighted by Crippen LogP contribution is -2.43. The third kappa shape index (κ3) is 4.68. The van der Waals surface area contributed by atoms with Crippen LogP contribution in [-0.2, 0) is 27.3 Å². The number of hydrogen-bond donors (Lipinski definition) is 1. The van der Waals surface area contributed by atoms with Crippen LogP contribution in [0, 0.1) is 0 Å². The van der Waals surface area contributed by atoms with Crippen molar-refractivity contribution in [2.45, 2.75) is 25.4 Å². The zero-order chi connectivity index (χ0) is 19.2. The highest BCUT2D eigenvalue weighted by Gasteiger charge is 2.21. The van der Waals surface area contributed by atoms with Gasteiger partial charge in [0.25, 0.3) is 0 Å². The molecule has 0 spiro atoms. The van der Waals surface area contributed by atoms with Gasteiger partial charge >= 0.3 is 5.97 Å². The number of benzene rings is 2. The topological polar surface area (TPSA) is 60.3 Å². The third-order valence-corrected chi connectivity index (χ3v) is 4.77. The van der Waals surface area contributed by atoms with E-state index in [9.17, 15) is 9.59 Å². The van der Waals surface area contributed by atoms with Crippen molar-refractivity contribution in [2.75, 3.05) is 7.11 Å². The molecule has 0 radical (unpaired) electrons. The average molecular weight is 385 g/mol. The predicted octanol–water partition coefficient (Wildman–Crippen LogP) is 3.59. The van der Waals surface area contributed by atoms with E-state index in [-0.39, 0.29) is 12.3 Å². The number of aryl methyl sites for hydroxylation is 1. The summed E-state index contributed by atoms with van der Waals surface area (Å²) >= 11 is 6.19. The lowest BCUT2D eigenvalue weighted by atomic mass is 10.1. The smallest absolute Gasteiger partial charge is 0.328 e. The fraction of sp³-hybridized carbons (Fsp3) is 0.238. The Kier molecular flexibility index (Phi) is 6.14. The number of esters is 1. The van der Waals surface area contributed by atoms with Crippen LogP contribution in [0.15, 0.2) is 60.8 Å². The molecule has 0 aliphatic carbocycles. The molecule has 0 aliphatic heterocycles. The Hall–Kier alpha value is -2.79. The largest absolute Gasteiger partial charge is 0.467 e. The molecule has 0 saturated heterocycles. The molecule has 0 fully saturated rings. The molecule has 5 nitrogen and oxygen atoms in total. The molecule has 27 heavy (non-hydrogen) atoms. The second-order valence-electron chi connectivity index (χ2n) is 6.26. The van der Waals surface area contributed by atoms with E-state index in [1.807, 2.05) is 65.4 Å². The summed E-state index contributed by atoms with van der Waals surface area (Å²) in [4.78, 5) is 24.4. The van der Waals surface area contributed by atoms with Gasteiger partial charge in [0.2, 0.25) is 5.91 Å². The number of methoxy groups -OCH3 is 1. The highest BCUT2D eigenvalue weighted by molar-refractivity contribution is 6.35. The number of nitrogens with one attached hydrogen (secondary N) is 1. The van der Waals surface area contributed by atoms with Gasteiger partial charge in [-0.15, -0.1) is 0 Å². The number of aromatic nitrogens is 1. The molecular weight excluding hydrogens is 364 g/mol. The first-order valence-electron chi connectivity index (χ1n) is 8.73. The Morgan fingerprint density at radius 2 is 1.89 bits per heavy atom. The highest BCUT2D eigenvalue weighted by Crippen LogP contribution is 2.24. The summed E-state index contributed by atoms with van der Waals surface area (Å²) < 4.78 is 6.81. The van der Waals surface area contributed by atoms with Crippen molar-refractivity contribution in [3.63, 3.8) is 0 Å². The Morgan fingerprint density at radius 3 is 2.63 bits per heavy atom. The molecule has 3 aromatic rings. The van der Waals surface area contributed by atoms with Gasteiger partial charge in [0.1, 0.15) is 6.04 Å². The summed E-state index contributed by atoms with van der Waals surface area (Å²) in [5.74, 6) is -0.657. The van der Waals surface area contributed by atoms with E-state index >= 15 is 0 Å². The lowest BCUT2D eigenvalue weighted by molar-refractivity contribution is -0.145. The van der Waals surface area contributed by atoms with E-state index in [2.05, 4.69) is 5.32 Å². The van der Waals surface area contributed by atoms with E-state index in [4.69, 9.17) is 16.3 Å². The van der Waals surface area contributed by atoms with E-state index in [0.717, 1.165) is 16.5 Å². The Labute approximate surface area is 162 Å². The van der Waals surface area contributed by atoms with Crippen LogP contribution < -0.4 is 5.32 Å². The van der Waals surface area contributed by atoms with Crippen molar-refractivity contribution in [3.05, 3.63) is 71.4 Å². The number of carbonyl (C=O) groups is 2. The maximum absolute atomic E-state index is 12.4. The van der Waals surface area contributed by atoms with Gasteiger partial charge in [0.15, 0.2) is 0 Å². The summed E-state index contributed by atoms with van der Waals surface area (Å²) in [7, 11) is 1.32. The van der Waals surface area contributed by atoms with Crippen LogP contribution in [0.1, 0.15) is 12.0 Å². The molecule has 1 N–H and O–H groups in total. The molecule has 0 unspecified atom stereocenters. The molecule has 1 amide bonds. The van der Waals surface area contributed by atoms with Crippen LogP contribution in [0.4, 0.5) is 0 Å². The lowest BCUT2D eigenvalue weighted by Gasteiger charge is -2.17. The van der Waals surface area contributed by atoms with Gasteiger partial charge in [-0.1, -0.05) is 48.0 Å². The second-order valence-corrected chi connectivity index (χ2v) is 6.67. The van der Waals surface area contributed by atoms with Crippen LogP contribution in [0.5, 0.6) is 0 Å². The minimum atomic E-state index is -0.708. The molecular formula is C21H21ClN2O3. The maximum atomic E-state index is 12.4. The minimum Gasteiger partial charge on any atom is -0.467 e. The molecule has 140 valence electrons. The number of nitrogens with zero attached hydrogens (tertiary/aromatic N) is 1. The molecule has 0 bridgehead atoms. The first kappa shape index (κ1) is 19.0. The standard InChI is InChI=1S/C21H21ClN2O3/c1-27-21(26)18(14-15-6-3-2-4-7-15)23-20(25)11-13-24-12-10-16-17(22)8-5-9-19(16)24/h2-10,12,18H,11,13-14H2,1H3,(H,23,25)/t18-/m1/s1. The van der Waals surface area contributed by atoms with Gasteiger partial charge < -0.3 is 14.6 Å². The molecule has 0 aliphatic rings. The second kappa shape index (κ2) is 8.73. The van der Waals surface area contributed by atoms with Crippen molar-refractivity contribution in [1.29, 1.82) is 0 Å². The first-order chi connectivity index (χ1) is 13.1. The fourth-order valence-corrected chi connectivity index (χ4v) is 3.29. The van der Waals surface area contributed by atoms with Crippen molar-refractivity contribution in [1.82, 2.24) is 9.88 Å². The van der Waals surface area contributed by atoms with E-state index < -0.39 is 12.0 Å². The molecule has 1 aromatic heterocycles. The van der Waals surface area contributed by atoms with E-state index in [1.54, 1.807) is 0 Å². The first-order valence-corrected chi connectivity index (χ1v) is 9.11. The molecule has 3 rings (SSSR count). The minimum absolute atomic E-state index is 0.204. The van der Waals surface area contributed by atoms with Crippen LogP contribution in [-0.4, -0.2) is 29.6 Å². The predicted molar refractivity (Wildman–Crippen MR) is 106 cm³/mol. The highest BCUT2D eigenvalue weighted by atomic mass is 35.5. The average Bonchev–Trinajstić information content (AvgIpc) is 3.10. The SMILES string of the molecule is COC(=O)[C@@H](Cc1ccccc1)NC(=O)CCn1ccc2c(Cl)cccc21. The Balaban J connectivity index is 1.63. The van der Waals surface area contributed by atoms with Crippen molar-refractivity contribution in [3.8, 4) is 0 Å². The van der Waals surface area contributed by atoms with E-state index in [0.29, 0.717) is 18.0 Å². The zero-order valence-corrected chi connectivity index (χ0v) is 15.8. The number of halogens is 1. The number of fused-ring (bicyclic) bond motifs is 1. The van der Waals surface area contributed by atoms with Crippen molar-refractivity contribution < 1.29 is 14.3 Å². The Morgan fingerprint density at radius 1 is 1.11 bits per heavy atom. The van der Waals surface area contributed by atoms with Crippen LogP contribution in [0.2, 0.25) is 5.02 Å². The normalized spacial score (nSPS) is 11.9. The monoisotopic (exact) mass is 384 g/mol. The molecule has 0 saturated carbocycles. The third-order valence-electron chi connectivity index (χ3n) is 4.44. The maximum Gasteiger partial charge on any atom is 0.328 e. The quantitative estimate of drug-likeness (QED) is 0.633. The van der Waals surface area contributed by atoms with Crippen molar-refractivity contribution in [2.24, 2.45) is 0 Å². The summed E-state index contributed by atoms with van der Waals surface area (Å²) in [5.41, 5.74) is 1.93. The van der Waals surface area contributed by atoms with Gasteiger partial charge in [-0.05, 0) is 23.8 Å². The number of hydrogen-bond acceptors (Lipinski definition) is 3. The zero-order valence-electron chi connectivity index (χ0n) is 15.0. The number of amides is 1. The number of ether oxygens (including phenoxy) is 1. The summed E-state index contributed by atoms with van der Waals surface area (Å²) in [5, 5.41) is 4.42. The number of carbonyl (C=O) groups excluding carboxylic acids is 2. The molecule has 1 heterocycles. The van der Waals surface area contributed by atoms with Crippen LogP contribution >= 0.6 is 11.6 Å². The van der Waals surface area contributed by atoms with Crippen LogP contribution in [0.3, 0.4) is 0 Å². The fourth-order valence-electron chi connectivity index (χ4n) is 3.05. The summed E-state index contributed by atoms with van der Waals surface area (Å²) in [6.45, 7) is 0.495. The summed E-state index contributed by atoms with van der Waals surface area (Å²) in [6, 6.07) is 16.4. The Bertz CT molecular complexity index is 937. The molecule has 1 atom stereocenters. The molecule has 2 aromatic carbocycles. The van der Waals surface area contributed by atoms with Gasteiger partial charge in [-0.3, -0.25) is 4.79 Å². The summed E-state index contributed by atoms with van der Waals surface area (Å²) in [6.07, 6.45) is 2.55. The van der Waals surface area contributed by atoms with Crippen molar-refractivity contribution >= 4 is 34.4 Å². The van der Waals surface area contributed by atoms with Gasteiger partial charge in [-0.2, -0.15) is 0 Å². The van der Waals surface area contributed by atoms with Crippen LogP contribution in [0.25, 0.3) is 10.9 Å². The van der Waals surface area contributed by atoms with E-state index in [1.165, 1.54) is 7.11 Å². The number of rotatable bonds is 7.